The van der Waals surface area contributed by atoms with Gasteiger partial charge in [-0.25, -0.2) is 0 Å². The lowest BCUT2D eigenvalue weighted by Crippen LogP contribution is -1.69. The molecule has 54 valence electrons. The van der Waals surface area contributed by atoms with Crippen LogP contribution in [0.3, 0.4) is 0 Å². The van der Waals surface area contributed by atoms with E-state index in [1.807, 2.05) is 18.2 Å². The molecule has 0 unspecified atom stereocenters. The number of pyridine rings is 1. The van der Waals surface area contributed by atoms with Crippen molar-refractivity contribution >= 4 is 12.4 Å². The van der Waals surface area contributed by atoms with Gasteiger partial charge in [-0.1, -0.05) is 6.07 Å². The van der Waals surface area contributed by atoms with Crippen LogP contribution in [0.4, 0.5) is 0 Å². The van der Waals surface area contributed by atoms with Gasteiger partial charge in [-0.3, -0.25) is 4.98 Å². The Morgan fingerprint density at radius 2 is 1.60 bits per heavy atom. The lowest BCUT2D eigenvalue weighted by atomic mass is 10.5. The van der Waals surface area contributed by atoms with Crippen molar-refractivity contribution < 1.29 is 0 Å². The summed E-state index contributed by atoms with van der Waals surface area (Å²) < 4.78 is 0. The first kappa shape index (κ1) is 11.5. The number of rotatable bonds is 0. The van der Waals surface area contributed by atoms with E-state index in [1.165, 1.54) is 6.19 Å². The number of nitrogens with zero attached hydrogens (tertiary/aromatic N) is 2. The Balaban J connectivity index is 0. The largest absolute Gasteiger partial charge is 0.337 e. The zero-order valence-electron chi connectivity index (χ0n) is 5.27. The number of nitrogens with two attached hydrogens (primary N) is 1. The summed E-state index contributed by atoms with van der Waals surface area (Å²) in [6.45, 7) is 0. The van der Waals surface area contributed by atoms with Crippen LogP contribution in [0.15, 0.2) is 30.6 Å². The third-order valence-corrected chi connectivity index (χ3v) is 0.566. The topological polar surface area (TPSA) is 62.7 Å². The Kier molecular flexibility index (Phi) is 12.3. The van der Waals surface area contributed by atoms with Crippen molar-refractivity contribution in [2.45, 2.75) is 0 Å². The van der Waals surface area contributed by atoms with Gasteiger partial charge < -0.3 is 5.73 Å². The second-order valence-corrected chi connectivity index (χ2v) is 1.15. The maximum Gasteiger partial charge on any atom is 0.173 e. The minimum absolute atomic E-state index is 0. The van der Waals surface area contributed by atoms with E-state index < -0.39 is 0 Å². The van der Waals surface area contributed by atoms with E-state index in [9.17, 15) is 0 Å². The zero-order chi connectivity index (χ0) is 6.95. The summed E-state index contributed by atoms with van der Waals surface area (Å²) >= 11 is 0. The van der Waals surface area contributed by atoms with E-state index in [0.717, 1.165) is 0 Å². The predicted octanol–water partition coefficient (Wildman–Crippen LogP) is 0.930. The fourth-order valence-corrected chi connectivity index (χ4v) is 0.313. The highest BCUT2D eigenvalue weighted by Crippen LogP contribution is 1.73. The van der Waals surface area contributed by atoms with Gasteiger partial charge in [0.05, 0.1) is 0 Å². The molecule has 1 aromatic rings. The van der Waals surface area contributed by atoms with E-state index in [0.29, 0.717) is 0 Å². The van der Waals surface area contributed by atoms with Crippen molar-refractivity contribution in [3.63, 3.8) is 0 Å². The van der Waals surface area contributed by atoms with E-state index in [4.69, 9.17) is 5.26 Å². The minimum atomic E-state index is 0. The Morgan fingerprint density at radius 3 is 1.70 bits per heavy atom. The average Bonchev–Trinajstić information content (AvgIpc) is 1.93. The van der Waals surface area contributed by atoms with Crippen LogP contribution in [0.5, 0.6) is 0 Å². The lowest BCUT2D eigenvalue weighted by Gasteiger charge is -1.70. The van der Waals surface area contributed by atoms with Gasteiger partial charge in [0.25, 0.3) is 0 Å². The highest BCUT2D eigenvalue weighted by Gasteiger charge is 1.58. The first-order chi connectivity index (χ1) is 4.41. The summed E-state index contributed by atoms with van der Waals surface area (Å²) in [6.07, 6.45) is 4.75. The summed E-state index contributed by atoms with van der Waals surface area (Å²) in [5.74, 6) is 0. The monoisotopic (exact) mass is 157 g/mol. The van der Waals surface area contributed by atoms with Crippen molar-refractivity contribution in [2.24, 2.45) is 5.73 Å². The van der Waals surface area contributed by atoms with Crippen molar-refractivity contribution in [1.29, 1.82) is 5.26 Å². The Bertz CT molecular complexity index is 143. The minimum Gasteiger partial charge on any atom is -0.337 e. The second-order valence-electron chi connectivity index (χ2n) is 1.15. The molecule has 1 rings (SSSR count). The van der Waals surface area contributed by atoms with Crippen LogP contribution in [0.25, 0.3) is 0 Å². The normalized spacial score (nSPS) is 5.50. The lowest BCUT2D eigenvalue weighted by molar-refractivity contribution is 1.33. The van der Waals surface area contributed by atoms with Gasteiger partial charge in [0.15, 0.2) is 6.19 Å². The molecule has 0 aliphatic rings. The van der Waals surface area contributed by atoms with Crippen LogP contribution in [0.2, 0.25) is 0 Å². The summed E-state index contributed by atoms with van der Waals surface area (Å²) in [6, 6.07) is 5.72. The fourth-order valence-electron chi connectivity index (χ4n) is 0.313. The SMILES string of the molecule is Cl.N#CN.c1ccncc1. The number of halogens is 1. The molecule has 0 radical (unpaired) electrons. The second kappa shape index (κ2) is 10.7. The summed E-state index contributed by atoms with van der Waals surface area (Å²) in [4.78, 5) is 3.78. The van der Waals surface area contributed by atoms with Gasteiger partial charge in [-0.05, 0) is 12.1 Å². The molecular formula is C6H8ClN3. The average molecular weight is 158 g/mol. The third-order valence-electron chi connectivity index (χ3n) is 0.566. The fraction of sp³-hybridized carbons (Fsp3) is 0. The number of aromatic nitrogens is 1. The quantitative estimate of drug-likeness (QED) is 0.450. The number of nitriles is 1. The van der Waals surface area contributed by atoms with Crippen molar-refractivity contribution in [2.75, 3.05) is 0 Å². The maximum absolute atomic E-state index is 7.10. The molecule has 10 heavy (non-hydrogen) atoms. The Hall–Kier alpha value is -1.27. The maximum atomic E-state index is 7.10. The Labute approximate surface area is 65.9 Å². The Morgan fingerprint density at radius 1 is 1.20 bits per heavy atom. The van der Waals surface area contributed by atoms with Gasteiger partial charge in [0.2, 0.25) is 0 Å². The number of hydrogen-bond donors (Lipinski definition) is 1. The molecule has 0 spiro atoms. The van der Waals surface area contributed by atoms with Crippen LogP contribution in [0.1, 0.15) is 0 Å². The van der Waals surface area contributed by atoms with Crippen molar-refractivity contribution in [3.05, 3.63) is 30.6 Å². The highest BCUT2D eigenvalue weighted by atomic mass is 35.5. The van der Waals surface area contributed by atoms with Gasteiger partial charge in [0, 0.05) is 12.4 Å². The van der Waals surface area contributed by atoms with Gasteiger partial charge >= 0.3 is 0 Å². The van der Waals surface area contributed by atoms with Crippen LogP contribution < -0.4 is 5.73 Å². The smallest absolute Gasteiger partial charge is 0.173 e. The molecule has 0 aliphatic carbocycles. The van der Waals surface area contributed by atoms with Crippen LogP contribution in [-0.4, -0.2) is 4.98 Å². The first-order valence-corrected chi connectivity index (χ1v) is 2.36. The van der Waals surface area contributed by atoms with E-state index in [1.54, 1.807) is 12.4 Å². The van der Waals surface area contributed by atoms with Crippen LogP contribution in [0, 0.1) is 11.5 Å². The molecule has 1 heterocycles. The first-order valence-electron chi connectivity index (χ1n) is 2.36. The molecule has 1 aromatic heterocycles. The molecule has 0 bridgehead atoms. The predicted molar refractivity (Wildman–Crippen MR) is 41.3 cm³/mol. The van der Waals surface area contributed by atoms with E-state index in [-0.39, 0.29) is 12.4 Å². The van der Waals surface area contributed by atoms with Crippen molar-refractivity contribution in [1.82, 2.24) is 4.98 Å². The van der Waals surface area contributed by atoms with E-state index in [2.05, 4.69) is 10.7 Å². The molecule has 4 heteroatoms. The molecule has 0 saturated carbocycles. The summed E-state index contributed by atoms with van der Waals surface area (Å²) in [7, 11) is 0. The molecule has 0 amide bonds. The molecule has 0 aliphatic heterocycles. The third kappa shape index (κ3) is 9.88. The molecule has 3 nitrogen and oxygen atoms in total. The number of hydrogen-bond acceptors (Lipinski definition) is 3. The molecule has 0 atom stereocenters. The summed E-state index contributed by atoms with van der Waals surface area (Å²) in [5.41, 5.74) is 4.15. The molecule has 2 N–H and O–H groups in total. The molecule has 0 aromatic carbocycles. The van der Waals surface area contributed by atoms with Crippen LogP contribution >= 0.6 is 12.4 Å². The standard InChI is InChI=1S/C5H5N.CH2N2.ClH/c1-2-4-6-5-3-1;2-1-3;/h1-5H;2H2;1H. The van der Waals surface area contributed by atoms with Gasteiger partial charge in [0.1, 0.15) is 0 Å². The molecule has 0 saturated heterocycles. The van der Waals surface area contributed by atoms with E-state index >= 15 is 0 Å². The highest BCUT2D eigenvalue weighted by molar-refractivity contribution is 5.85. The van der Waals surface area contributed by atoms with Crippen molar-refractivity contribution in [3.8, 4) is 6.19 Å². The van der Waals surface area contributed by atoms with Crippen LogP contribution in [-0.2, 0) is 0 Å². The molecule has 0 fully saturated rings. The zero-order valence-corrected chi connectivity index (χ0v) is 6.08. The summed E-state index contributed by atoms with van der Waals surface area (Å²) in [5, 5.41) is 7.10. The molecular weight excluding hydrogens is 150 g/mol. The van der Waals surface area contributed by atoms with Gasteiger partial charge in [-0.15, -0.1) is 12.4 Å². The van der Waals surface area contributed by atoms with Gasteiger partial charge in [-0.2, -0.15) is 5.26 Å².